The summed E-state index contributed by atoms with van der Waals surface area (Å²) in [7, 11) is 3.10. The van der Waals surface area contributed by atoms with Crippen LogP contribution >= 0.6 is 0 Å². The molecule has 1 amide bonds. The maximum atomic E-state index is 15.4. The van der Waals surface area contributed by atoms with Gasteiger partial charge in [-0.3, -0.25) is 19.1 Å². The number of hydrogen-bond donors (Lipinski definition) is 0. The van der Waals surface area contributed by atoms with E-state index in [2.05, 4.69) is 15.2 Å². The van der Waals surface area contributed by atoms with E-state index in [9.17, 15) is 18.0 Å². The Balaban J connectivity index is 1.50. The van der Waals surface area contributed by atoms with Crippen LogP contribution in [0.2, 0.25) is 0 Å². The summed E-state index contributed by atoms with van der Waals surface area (Å²) in [6, 6.07) is 6.97. The van der Waals surface area contributed by atoms with Crippen LogP contribution in [0.15, 0.2) is 30.3 Å². The molecular weight excluding hydrogens is 476 g/mol. The Morgan fingerprint density at radius 1 is 1.11 bits per heavy atom. The van der Waals surface area contributed by atoms with Crippen LogP contribution < -0.4 is 0 Å². The van der Waals surface area contributed by atoms with Gasteiger partial charge in [-0.25, -0.2) is 4.39 Å². The minimum Gasteiger partial charge on any atom is -0.330 e. The van der Waals surface area contributed by atoms with Crippen LogP contribution in [0, 0.1) is 5.82 Å². The summed E-state index contributed by atoms with van der Waals surface area (Å²) in [5.41, 5.74) is 2.40. The molecule has 36 heavy (non-hydrogen) atoms. The molecule has 0 radical (unpaired) electrons. The van der Waals surface area contributed by atoms with Crippen LogP contribution in [-0.4, -0.2) is 41.9 Å². The van der Waals surface area contributed by atoms with Gasteiger partial charge >= 0.3 is 6.18 Å². The number of fused-ring (bicyclic) bond motifs is 2. The fourth-order valence-electron chi connectivity index (χ4n) is 4.90. The van der Waals surface area contributed by atoms with Crippen LogP contribution in [0.3, 0.4) is 0 Å². The molecule has 0 aliphatic carbocycles. The second kappa shape index (κ2) is 8.42. The molecule has 4 heterocycles. The van der Waals surface area contributed by atoms with E-state index < -0.39 is 29.6 Å². The minimum absolute atomic E-state index is 0.0542. The third-order valence-corrected chi connectivity index (χ3v) is 6.77. The first-order valence-corrected chi connectivity index (χ1v) is 11.6. The highest BCUT2D eigenvalue weighted by Gasteiger charge is 2.38. The maximum Gasteiger partial charge on any atom is 0.435 e. The quantitative estimate of drug-likeness (QED) is 0.377. The molecule has 1 aliphatic heterocycles. The van der Waals surface area contributed by atoms with E-state index in [1.54, 1.807) is 37.1 Å². The van der Waals surface area contributed by atoms with Gasteiger partial charge in [0.25, 0.3) is 5.91 Å². The molecule has 3 aromatic heterocycles. The van der Waals surface area contributed by atoms with Crippen molar-refractivity contribution in [3.8, 4) is 11.4 Å². The lowest BCUT2D eigenvalue weighted by atomic mass is 9.96. The monoisotopic (exact) mass is 500 g/mol. The second-order valence-corrected chi connectivity index (χ2v) is 8.95. The highest BCUT2D eigenvalue weighted by atomic mass is 19.4. The van der Waals surface area contributed by atoms with Gasteiger partial charge in [0.05, 0.1) is 34.2 Å². The average Bonchev–Trinajstić information content (AvgIpc) is 3.38. The van der Waals surface area contributed by atoms with E-state index in [-0.39, 0.29) is 23.2 Å². The first-order chi connectivity index (χ1) is 17.0. The summed E-state index contributed by atoms with van der Waals surface area (Å²) >= 11 is 0. The molecule has 1 aliphatic rings. The molecular formula is C25H24F4N6O. The lowest BCUT2D eigenvalue weighted by Gasteiger charge is -2.33. The molecule has 0 spiro atoms. The zero-order valence-corrected chi connectivity index (χ0v) is 20.2. The molecule has 0 N–H and O–H groups in total. The maximum absolute atomic E-state index is 15.4. The SMILES string of the molecule is CCc1ccc2c(F)c(C(=O)N3CCc4c(nn(C)c4-c4cc(C(F)(F)F)nn4C)[C@@H]3C)ccc2n1. The number of alkyl halides is 3. The third kappa shape index (κ3) is 3.73. The van der Waals surface area contributed by atoms with Gasteiger partial charge in [0.2, 0.25) is 0 Å². The van der Waals surface area contributed by atoms with Crippen molar-refractivity contribution in [2.45, 2.75) is 38.9 Å². The number of aryl methyl sites for hydroxylation is 3. The number of nitrogens with zero attached hydrogens (tertiary/aromatic N) is 6. The number of aromatic nitrogens is 5. The number of amides is 1. The fourth-order valence-corrected chi connectivity index (χ4v) is 4.90. The Labute approximate surface area is 204 Å². The van der Waals surface area contributed by atoms with Gasteiger partial charge < -0.3 is 4.90 Å². The highest BCUT2D eigenvalue weighted by molar-refractivity contribution is 5.99. The third-order valence-electron chi connectivity index (χ3n) is 6.77. The smallest absolute Gasteiger partial charge is 0.330 e. The Bertz CT molecular complexity index is 1500. The van der Waals surface area contributed by atoms with Crippen molar-refractivity contribution >= 4 is 16.8 Å². The standard InChI is InChI=1S/C25H24F4N6O/c1-5-14-6-7-15-18(30-14)9-8-16(21(15)26)24(36)35-11-10-17-22(13(35)2)32-34(4)23(17)19-12-20(25(27,28)29)31-33(19)3/h6-9,12-13H,5,10-11H2,1-4H3/t13-/m0/s1. The number of benzene rings is 1. The Morgan fingerprint density at radius 3 is 2.53 bits per heavy atom. The summed E-state index contributed by atoms with van der Waals surface area (Å²) in [5.74, 6) is -1.10. The van der Waals surface area contributed by atoms with E-state index in [4.69, 9.17) is 0 Å². The molecule has 5 rings (SSSR count). The Morgan fingerprint density at radius 2 is 1.86 bits per heavy atom. The first-order valence-electron chi connectivity index (χ1n) is 11.6. The van der Waals surface area contributed by atoms with Gasteiger partial charge in [-0.15, -0.1) is 0 Å². The van der Waals surface area contributed by atoms with Gasteiger partial charge in [-0.1, -0.05) is 6.92 Å². The Hall–Kier alpha value is -3.76. The summed E-state index contributed by atoms with van der Waals surface area (Å²) < 4.78 is 57.7. The predicted octanol–water partition coefficient (Wildman–Crippen LogP) is 4.85. The summed E-state index contributed by atoms with van der Waals surface area (Å²) in [5, 5.41) is 8.43. The van der Waals surface area contributed by atoms with Gasteiger partial charge in [0, 0.05) is 37.3 Å². The normalized spacial score (nSPS) is 16.0. The predicted molar refractivity (Wildman–Crippen MR) is 125 cm³/mol. The zero-order valence-electron chi connectivity index (χ0n) is 20.2. The topological polar surface area (TPSA) is 68.8 Å². The molecule has 7 nitrogen and oxygen atoms in total. The average molecular weight is 501 g/mol. The fraction of sp³-hybridized carbons (Fsp3) is 0.360. The van der Waals surface area contributed by atoms with E-state index in [1.165, 1.54) is 22.5 Å². The van der Waals surface area contributed by atoms with Crippen molar-refractivity contribution in [3.05, 3.63) is 64.4 Å². The van der Waals surface area contributed by atoms with Crippen LogP contribution in [0.25, 0.3) is 22.3 Å². The van der Waals surface area contributed by atoms with Crippen LogP contribution in [0.4, 0.5) is 17.6 Å². The molecule has 1 atom stereocenters. The molecule has 0 saturated heterocycles. The van der Waals surface area contributed by atoms with Gasteiger partial charge in [0.15, 0.2) is 5.69 Å². The molecule has 11 heteroatoms. The molecule has 0 unspecified atom stereocenters. The van der Waals surface area contributed by atoms with Gasteiger partial charge in [-0.2, -0.15) is 23.4 Å². The Kier molecular flexibility index (Phi) is 5.60. The van der Waals surface area contributed by atoms with Crippen molar-refractivity contribution in [2.24, 2.45) is 14.1 Å². The van der Waals surface area contributed by atoms with Crippen LogP contribution in [-0.2, 0) is 33.1 Å². The molecule has 0 bridgehead atoms. The second-order valence-electron chi connectivity index (χ2n) is 8.95. The number of pyridine rings is 1. The van der Waals surface area contributed by atoms with E-state index in [0.29, 0.717) is 29.7 Å². The van der Waals surface area contributed by atoms with Crippen molar-refractivity contribution in [1.82, 2.24) is 29.4 Å². The van der Waals surface area contributed by atoms with E-state index >= 15 is 4.39 Å². The minimum atomic E-state index is -4.57. The molecule has 1 aromatic carbocycles. The number of carbonyl (C=O) groups excluding carboxylic acids is 1. The summed E-state index contributed by atoms with van der Waals surface area (Å²) in [4.78, 5) is 19.4. The highest BCUT2D eigenvalue weighted by Crippen LogP contribution is 2.38. The van der Waals surface area contributed by atoms with Crippen molar-refractivity contribution in [2.75, 3.05) is 6.54 Å². The molecule has 0 saturated carbocycles. The van der Waals surface area contributed by atoms with Crippen molar-refractivity contribution < 1.29 is 22.4 Å². The number of hydrogen-bond acceptors (Lipinski definition) is 4. The largest absolute Gasteiger partial charge is 0.435 e. The summed E-state index contributed by atoms with van der Waals surface area (Å²) in [6.07, 6.45) is -3.49. The lowest BCUT2D eigenvalue weighted by Crippen LogP contribution is -2.39. The summed E-state index contributed by atoms with van der Waals surface area (Å²) in [6.45, 7) is 4.01. The van der Waals surface area contributed by atoms with Gasteiger partial charge in [0.1, 0.15) is 5.82 Å². The number of halogens is 4. The lowest BCUT2D eigenvalue weighted by molar-refractivity contribution is -0.141. The van der Waals surface area contributed by atoms with Crippen molar-refractivity contribution in [1.29, 1.82) is 0 Å². The molecule has 0 fully saturated rings. The van der Waals surface area contributed by atoms with E-state index in [1.807, 2.05) is 6.92 Å². The van der Waals surface area contributed by atoms with Crippen LogP contribution in [0.5, 0.6) is 0 Å². The first kappa shape index (κ1) is 24.0. The zero-order chi connectivity index (χ0) is 25.9. The van der Waals surface area contributed by atoms with Crippen LogP contribution in [0.1, 0.15) is 52.9 Å². The van der Waals surface area contributed by atoms with Gasteiger partial charge in [-0.05, 0) is 50.1 Å². The number of rotatable bonds is 3. The number of carbonyl (C=O) groups is 1. The van der Waals surface area contributed by atoms with E-state index in [0.717, 1.165) is 17.3 Å². The molecule has 4 aromatic rings. The molecule has 188 valence electrons. The van der Waals surface area contributed by atoms with Crippen molar-refractivity contribution in [3.63, 3.8) is 0 Å².